The van der Waals surface area contributed by atoms with Gasteiger partial charge in [-0.3, -0.25) is 4.79 Å². The predicted octanol–water partition coefficient (Wildman–Crippen LogP) is 4.58. The second-order valence-corrected chi connectivity index (χ2v) is 5.75. The van der Waals surface area contributed by atoms with E-state index in [0.29, 0.717) is 22.1 Å². The molecule has 0 aliphatic carbocycles. The van der Waals surface area contributed by atoms with Crippen LogP contribution >= 0.6 is 11.6 Å². The van der Waals surface area contributed by atoms with Gasteiger partial charge in [-0.25, -0.2) is 4.79 Å². The van der Waals surface area contributed by atoms with E-state index >= 15 is 0 Å². The topological polar surface area (TPSA) is 70.2 Å². The number of halogens is 1. The van der Waals surface area contributed by atoms with Crippen LogP contribution in [0.1, 0.15) is 13.8 Å². The smallest absolute Gasteiger partial charge is 0.323 e. The standard InChI is InChI=1S/C17H18ClN3O2/c1-11(2)16(22)19-13-6-8-14(9-7-13)20-17(23)21-15-5-3-4-12(18)10-15/h3-11H,1-2H3,(H,19,22)(H2,20,21,23). The Morgan fingerprint density at radius 3 is 2.00 bits per heavy atom. The fourth-order valence-electron chi connectivity index (χ4n) is 1.78. The molecule has 0 saturated carbocycles. The van der Waals surface area contributed by atoms with Crippen LogP contribution in [-0.4, -0.2) is 11.9 Å². The Kier molecular flexibility index (Phi) is 5.60. The number of urea groups is 1. The van der Waals surface area contributed by atoms with Gasteiger partial charge in [0.05, 0.1) is 0 Å². The lowest BCUT2D eigenvalue weighted by Crippen LogP contribution is -2.19. The zero-order chi connectivity index (χ0) is 16.8. The first-order chi connectivity index (χ1) is 10.9. The third-order valence-corrected chi connectivity index (χ3v) is 3.25. The zero-order valence-corrected chi connectivity index (χ0v) is 13.6. The summed E-state index contributed by atoms with van der Waals surface area (Å²) in [4.78, 5) is 23.5. The summed E-state index contributed by atoms with van der Waals surface area (Å²) in [7, 11) is 0. The molecule has 2 aromatic rings. The molecule has 0 aliphatic heterocycles. The van der Waals surface area contributed by atoms with Crippen LogP contribution in [0, 0.1) is 5.92 Å². The molecular formula is C17H18ClN3O2. The molecule has 0 bridgehead atoms. The Labute approximate surface area is 140 Å². The highest BCUT2D eigenvalue weighted by molar-refractivity contribution is 6.30. The van der Waals surface area contributed by atoms with E-state index in [1.807, 2.05) is 13.8 Å². The Balaban J connectivity index is 1.92. The average molecular weight is 332 g/mol. The highest BCUT2D eigenvalue weighted by atomic mass is 35.5. The van der Waals surface area contributed by atoms with E-state index in [-0.39, 0.29) is 17.9 Å². The highest BCUT2D eigenvalue weighted by Gasteiger charge is 2.07. The molecule has 0 saturated heterocycles. The number of amides is 3. The van der Waals surface area contributed by atoms with Gasteiger partial charge in [0.25, 0.3) is 0 Å². The third kappa shape index (κ3) is 5.30. The highest BCUT2D eigenvalue weighted by Crippen LogP contribution is 2.17. The maximum atomic E-state index is 11.9. The summed E-state index contributed by atoms with van der Waals surface area (Å²) in [6, 6.07) is 13.4. The third-order valence-electron chi connectivity index (χ3n) is 3.02. The van der Waals surface area contributed by atoms with Gasteiger partial charge in [0.15, 0.2) is 0 Å². The van der Waals surface area contributed by atoms with Crippen LogP contribution in [0.25, 0.3) is 0 Å². The van der Waals surface area contributed by atoms with E-state index < -0.39 is 0 Å². The van der Waals surface area contributed by atoms with Gasteiger partial charge in [-0.05, 0) is 42.5 Å². The summed E-state index contributed by atoms with van der Waals surface area (Å²) in [5.41, 5.74) is 1.91. The van der Waals surface area contributed by atoms with Crippen molar-refractivity contribution < 1.29 is 9.59 Å². The molecule has 0 aliphatic rings. The Morgan fingerprint density at radius 1 is 0.870 bits per heavy atom. The first kappa shape index (κ1) is 16.8. The number of hydrogen-bond donors (Lipinski definition) is 3. The number of anilines is 3. The quantitative estimate of drug-likeness (QED) is 0.767. The van der Waals surface area contributed by atoms with Crippen LogP contribution in [0.15, 0.2) is 48.5 Å². The van der Waals surface area contributed by atoms with E-state index in [2.05, 4.69) is 16.0 Å². The van der Waals surface area contributed by atoms with Crippen molar-refractivity contribution >= 4 is 40.6 Å². The van der Waals surface area contributed by atoms with Crippen molar-refractivity contribution in [1.82, 2.24) is 0 Å². The Hall–Kier alpha value is -2.53. The van der Waals surface area contributed by atoms with E-state index in [1.54, 1.807) is 48.5 Å². The molecule has 2 aromatic carbocycles. The summed E-state index contributed by atoms with van der Waals surface area (Å²) in [5, 5.41) is 8.73. The van der Waals surface area contributed by atoms with Crippen LogP contribution in [0.5, 0.6) is 0 Å². The van der Waals surface area contributed by atoms with Gasteiger partial charge in [-0.15, -0.1) is 0 Å². The van der Waals surface area contributed by atoms with Crippen molar-refractivity contribution in [1.29, 1.82) is 0 Å². The maximum absolute atomic E-state index is 11.9. The van der Waals surface area contributed by atoms with E-state index in [0.717, 1.165) is 0 Å². The van der Waals surface area contributed by atoms with Gasteiger partial charge in [0.2, 0.25) is 5.91 Å². The molecule has 3 amide bonds. The summed E-state index contributed by atoms with van der Waals surface area (Å²) in [5.74, 6) is -0.138. The first-order valence-electron chi connectivity index (χ1n) is 7.18. The van der Waals surface area contributed by atoms with Crippen molar-refractivity contribution in [3.05, 3.63) is 53.6 Å². The molecule has 6 heteroatoms. The average Bonchev–Trinajstić information content (AvgIpc) is 2.49. The van der Waals surface area contributed by atoms with Gasteiger partial charge < -0.3 is 16.0 Å². The molecule has 0 aromatic heterocycles. The lowest BCUT2D eigenvalue weighted by molar-refractivity contribution is -0.118. The molecule has 23 heavy (non-hydrogen) atoms. The Bertz CT molecular complexity index is 699. The molecular weight excluding hydrogens is 314 g/mol. The Morgan fingerprint density at radius 2 is 1.43 bits per heavy atom. The number of carbonyl (C=O) groups is 2. The molecule has 0 heterocycles. The predicted molar refractivity (Wildman–Crippen MR) is 94.0 cm³/mol. The number of rotatable bonds is 4. The lowest BCUT2D eigenvalue weighted by Gasteiger charge is -2.10. The first-order valence-corrected chi connectivity index (χ1v) is 7.56. The number of benzene rings is 2. The molecule has 0 spiro atoms. The minimum Gasteiger partial charge on any atom is -0.326 e. The second kappa shape index (κ2) is 7.65. The van der Waals surface area contributed by atoms with Crippen molar-refractivity contribution in [3.8, 4) is 0 Å². The van der Waals surface area contributed by atoms with E-state index in [4.69, 9.17) is 11.6 Å². The summed E-state index contributed by atoms with van der Waals surface area (Å²) in [6.07, 6.45) is 0. The van der Waals surface area contributed by atoms with Gasteiger partial charge in [0.1, 0.15) is 0 Å². The molecule has 120 valence electrons. The summed E-state index contributed by atoms with van der Waals surface area (Å²) < 4.78 is 0. The van der Waals surface area contributed by atoms with Crippen LogP contribution < -0.4 is 16.0 Å². The van der Waals surface area contributed by atoms with Gasteiger partial charge in [0, 0.05) is 28.0 Å². The van der Waals surface area contributed by atoms with Crippen molar-refractivity contribution in [3.63, 3.8) is 0 Å². The van der Waals surface area contributed by atoms with Gasteiger partial charge in [-0.1, -0.05) is 31.5 Å². The van der Waals surface area contributed by atoms with Crippen LogP contribution in [0.3, 0.4) is 0 Å². The van der Waals surface area contributed by atoms with E-state index in [9.17, 15) is 9.59 Å². The number of nitrogens with one attached hydrogen (secondary N) is 3. The minimum atomic E-state index is -0.369. The normalized spacial score (nSPS) is 10.3. The molecule has 0 atom stereocenters. The maximum Gasteiger partial charge on any atom is 0.323 e. The fourth-order valence-corrected chi connectivity index (χ4v) is 1.97. The molecule has 3 N–H and O–H groups in total. The van der Waals surface area contributed by atoms with Crippen LogP contribution in [0.4, 0.5) is 21.9 Å². The number of hydrogen-bond acceptors (Lipinski definition) is 2. The molecule has 2 rings (SSSR count). The van der Waals surface area contributed by atoms with Gasteiger partial charge >= 0.3 is 6.03 Å². The largest absolute Gasteiger partial charge is 0.326 e. The molecule has 0 unspecified atom stereocenters. The minimum absolute atomic E-state index is 0.0515. The van der Waals surface area contributed by atoms with Crippen LogP contribution in [0.2, 0.25) is 5.02 Å². The van der Waals surface area contributed by atoms with Crippen molar-refractivity contribution in [2.75, 3.05) is 16.0 Å². The number of carbonyl (C=O) groups excluding carboxylic acids is 2. The molecule has 5 nitrogen and oxygen atoms in total. The summed E-state index contributed by atoms with van der Waals surface area (Å²) in [6.45, 7) is 3.65. The van der Waals surface area contributed by atoms with Crippen molar-refractivity contribution in [2.45, 2.75) is 13.8 Å². The molecule has 0 fully saturated rings. The van der Waals surface area contributed by atoms with Gasteiger partial charge in [-0.2, -0.15) is 0 Å². The van der Waals surface area contributed by atoms with E-state index in [1.165, 1.54) is 0 Å². The zero-order valence-electron chi connectivity index (χ0n) is 12.9. The summed E-state index contributed by atoms with van der Waals surface area (Å²) >= 11 is 5.86. The fraction of sp³-hybridized carbons (Fsp3) is 0.176. The monoisotopic (exact) mass is 331 g/mol. The van der Waals surface area contributed by atoms with Crippen molar-refractivity contribution in [2.24, 2.45) is 5.92 Å². The second-order valence-electron chi connectivity index (χ2n) is 5.31. The van der Waals surface area contributed by atoms with Crippen LogP contribution in [-0.2, 0) is 4.79 Å². The lowest BCUT2D eigenvalue weighted by atomic mass is 10.2. The SMILES string of the molecule is CC(C)C(=O)Nc1ccc(NC(=O)Nc2cccc(Cl)c2)cc1. The molecule has 0 radical (unpaired) electrons.